The highest BCUT2D eigenvalue weighted by atomic mass is 28.3. The van der Waals surface area contributed by atoms with Crippen molar-refractivity contribution in [3.63, 3.8) is 0 Å². The Bertz CT molecular complexity index is 943. The van der Waals surface area contributed by atoms with E-state index in [2.05, 4.69) is 76.3 Å². The van der Waals surface area contributed by atoms with Crippen LogP contribution in [0.5, 0.6) is 11.5 Å². The zero-order valence-corrected chi connectivity index (χ0v) is 20.2. The van der Waals surface area contributed by atoms with Crippen LogP contribution >= 0.6 is 0 Å². The summed E-state index contributed by atoms with van der Waals surface area (Å²) in [5.41, 5.74) is 3.41. The van der Waals surface area contributed by atoms with Gasteiger partial charge in [0.25, 0.3) is 0 Å². The minimum absolute atomic E-state index is 0.206. The first-order valence-electron chi connectivity index (χ1n) is 11.4. The molecule has 1 N–H and O–H groups in total. The maximum atomic E-state index is 11.0. The van der Waals surface area contributed by atoms with Gasteiger partial charge in [0.1, 0.15) is 17.1 Å². The van der Waals surface area contributed by atoms with Gasteiger partial charge in [0.05, 0.1) is 8.07 Å². The predicted molar refractivity (Wildman–Crippen MR) is 129 cm³/mol. The third-order valence-electron chi connectivity index (χ3n) is 7.35. The van der Waals surface area contributed by atoms with Gasteiger partial charge < -0.3 is 9.84 Å². The third kappa shape index (κ3) is 4.09. The molecule has 0 fully saturated rings. The predicted octanol–water partition coefficient (Wildman–Crippen LogP) is 6.55. The first kappa shape index (κ1) is 21.2. The molecule has 0 spiro atoms. The molecule has 160 valence electrons. The fraction of sp³-hybridized carbons (Fsp3) is 0.481. The van der Waals surface area contributed by atoms with E-state index in [-0.39, 0.29) is 11.5 Å². The summed E-state index contributed by atoms with van der Waals surface area (Å²) in [5.74, 6) is 1.99. The lowest BCUT2D eigenvalue weighted by atomic mass is 9.68. The van der Waals surface area contributed by atoms with E-state index in [0.29, 0.717) is 11.7 Å². The second kappa shape index (κ2) is 7.92. The Balaban J connectivity index is 1.54. The van der Waals surface area contributed by atoms with E-state index in [4.69, 9.17) is 4.74 Å². The maximum Gasteiger partial charge on any atom is 0.127 e. The summed E-state index contributed by atoms with van der Waals surface area (Å²) in [5, 5.41) is 12.5. The van der Waals surface area contributed by atoms with E-state index in [1.807, 2.05) is 6.07 Å². The Hall–Kier alpha value is -2.00. The van der Waals surface area contributed by atoms with Crippen molar-refractivity contribution < 1.29 is 9.84 Å². The highest BCUT2D eigenvalue weighted by Crippen LogP contribution is 2.53. The summed E-state index contributed by atoms with van der Waals surface area (Å²) in [6.45, 7) is 11.5. The Kier molecular flexibility index (Phi) is 5.61. The first-order valence-corrected chi connectivity index (χ1v) is 14.7. The van der Waals surface area contributed by atoms with Crippen LogP contribution in [0.1, 0.15) is 57.1 Å². The van der Waals surface area contributed by atoms with Crippen molar-refractivity contribution in [1.82, 2.24) is 0 Å². The van der Waals surface area contributed by atoms with Crippen molar-refractivity contribution in [3.05, 3.63) is 65.2 Å². The van der Waals surface area contributed by atoms with E-state index < -0.39 is 8.07 Å². The van der Waals surface area contributed by atoms with Gasteiger partial charge in [-0.2, -0.15) is 0 Å². The van der Waals surface area contributed by atoms with Crippen molar-refractivity contribution in [2.75, 3.05) is 0 Å². The molecule has 1 aliphatic heterocycles. The summed E-state index contributed by atoms with van der Waals surface area (Å²) >= 11 is 0. The highest BCUT2D eigenvalue weighted by Gasteiger charge is 2.45. The van der Waals surface area contributed by atoms with Crippen molar-refractivity contribution >= 4 is 13.3 Å². The molecule has 0 bridgehead atoms. The van der Waals surface area contributed by atoms with E-state index >= 15 is 0 Å². The van der Waals surface area contributed by atoms with Crippen molar-refractivity contribution in [3.8, 4) is 11.5 Å². The van der Waals surface area contributed by atoms with Crippen LogP contribution in [0.15, 0.2) is 54.1 Å². The zero-order valence-electron chi connectivity index (χ0n) is 19.2. The molecule has 0 saturated heterocycles. The normalized spacial score (nSPS) is 22.5. The summed E-state index contributed by atoms with van der Waals surface area (Å²) in [4.78, 5) is 0. The Morgan fingerprint density at radius 2 is 1.87 bits per heavy atom. The van der Waals surface area contributed by atoms with Crippen LogP contribution in [0, 0.1) is 5.92 Å². The monoisotopic (exact) mass is 420 g/mol. The van der Waals surface area contributed by atoms with E-state index in [9.17, 15) is 5.11 Å². The molecular formula is C27H36O2Si. The number of phenolic OH excluding ortho intramolecular Hbond substituents is 1. The fourth-order valence-corrected chi connectivity index (χ4v) is 7.94. The number of benzene rings is 2. The number of aromatic hydroxyl groups is 1. The van der Waals surface area contributed by atoms with Gasteiger partial charge in [0.2, 0.25) is 0 Å². The van der Waals surface area contributed by atoms with Gasteiger partial charge in [-0.25, -0.2) is 0 Å². The Morgan fingerprint density at radius 1 is 1.13 bits per heavy atom. The molecule has 4 rings (SSSR count). The molecule has 2 aliphatic rings. The van der Waals surface area contributed by atoms with Crippen LogP contribution in [0.2, 0.25) is 19.1 Å². The van der Waals surface area contributed by atoms with Gasteiger partial charge >= 0.3 is 0 Å². The minimum atomic E-state index is -1.43. The second-order valence-electron chi connectivity index (χ2n) is 10.5. The van der Waals surface area contributed by atoms with Gasteiger partial charge in [-0.1, -0.05) is 72.7 Å². The largest absolute Gasteiger partial charge is 0.507 e. The number of allylic oxidation sites excluding steroid dienone is 2. The fourth-order valence-electron chi connectivity index (χ4n) is 5.49. The molecule has 0 unspecified atom stereocenters. The number of hydrogen-bond acceptors (Lipinski definition) is 2. The summed E-state index contributed by atoms with van der Waals surface area (Å²) in [6, 6.07) is 16.4. The molecule has 0 aromatic heterocycles. The highest BCUT2D eigenvalue weighted by molar-refractivity contribution is 6.89. The van der Waals surface area contributed by atoms with Crippen molar-refractivity contribution in [2.24, 2.45) is 5.92 Å². The SMILES string of the molecule is CC1=C[C@H]2c3c(O)cc(CCC[Si](C)(C)c4ccccc4)cc3OC(C)(C)[C@@H]2CC1. The quantitative estimate of drug-likeness (QED) is 0.439. The molecule has 2 aromatic rings. The number of phenols is 1. The van der Waals surface area contributed by atoms with E-state index in [1.54, 1.807) is 0 Å². The van der Waals surface area contributed by atoms with Crippen LogP contribution in [-0.2, 0) is 6.42 Å². The topological polar surface area (TPSA) is 29.5 Å². The van der Waals surface area contributed by atoms with Crippen LogP contribution in [-0.4, -0.2) is 18.8 Å². The summed E-state index contributed by atoms with van der Waals surface area (Å²) in [7, 11) is -1.43. The lowest BCUT2D eigenvalue weighted by Crippen LogP contribution is -2.45. The molecule has 1 aliphatic carbocycles. The molecule has 2 atom stereocenters. The smallest absolute Gasteiger partial charge is 0.127 e. The number of aryl methyl sites for hydroxylation is 1. The molecule has 3 heteroatoms. The number of hydrogen-bond donors (Lipinski definition) is 1. The molecule has 30 heavy (non-hydrogen) atoms. The van der Waals surface area contributed by atoms with Gasteiger partial charge in [-0.3, -0.25) is 0 Å². The lowest BCUT2D eigenvalue weighted by Gasteiger charge is -2.46. The average Bonchev–Trinajstić information content (AvgIpc) is 2.67. The van der Waals surface area contributed by atoms with Crippen LogP contribution < -0.4 is 9.92 Å². The van der Waals surface area contributed by atoms with E-state index in [1.165, 1.54) is 22.4 Å². The number of fused-ring (bicyclic) bond motifs is 3. The molecule has 2 aromatic carbocycles. The summed E-state index contributed by atoms with van der Waals surface area (Å²) in [6.07, 6.45) is 6.74. The van der Waals surface area contributed by atoms with Crippen molar-refractivity contribution in [1.29, 1.82) is 0 Å². The van der Waals surface area contributed by atoms with Crippen molar-refractivity contribution in [2.45, 2.75) is 77.1 Å². The molecule has 2 nitrogen and oxygen atoms in total. The second-order valence-corrected chi connectivity index (χ2v) is 15.4. The van der Waals surface area contributed by atoms with Crippen LogP contribution in [0.25, 0.3) is 0 Å². The standard InChI is InChI=1S/C27H36O2Si/c1-19-13-14-23-22(16-19)26-24(28)17-20(18-25(26)29-27(23,2)3)10-9-15-30(4,5)21-11-7-6-8-12-21/h6-8,11-12,16-18,22-23,28H,9-10,13-15H2,1-5H3/t22-,23-/m1/s1. The van der Waals surface area contributed by atoms with Gasteiger partial charge in [-0.15, -0.1) is 0 Å². The molecule has 0 saturated carbocycles. The number of ether oxygens (including phenoxy) is 1. The van der Waals surface area contributed by atoms with Gasteiger partial charge in [-0.05, 0) is 57.7 Å². The lowest BCUT2D eigenvalue weighted by molar-refractivity contribution is 0.0107. The molecule has 1 heterocycles. The molecular weight excluding hydrogens is 384 g/mol. The summed E-state index contributed by atoms with van der Waals surface area (Å²) < 4.78 is 6.48. The zero-order chi connectivity index (χ0) is 21.5. The van der Waals surface area contributed by atoms with Crippen LogP contribution in [0.3, 0.4) is 0 Å². The third-order valence-corrected chi connectivity index (χ3v) is 10.8. The average molecular weight is 421 g/mol. The Morgan fingerprint density at radius 3 is 2.60 bits per heavy atom. The van der Waals surface area contributed by atoms with Gasteiger partial charge in [0.15, 0.2) is 0 Å². The maximum absolute atomic E-state index is 11.0. The minimum Gasteiger partial charge on any atom is -0.507 e. The Labute approximate surface area is 183 Å². The molecule has 0 amide bonds. The van der Waals surface area contributed by atoms with E-state index in [0.717, 1.165) is 37.0 Å². The molecule has 0 radical (unpaired) electrons. The first-order chi connectivity index (χ1) is 14.2. The number of rotatable bonds is 5. The van der Waals surface area contributed by atoms with Crippen LogP contribution in [0.4, 0.5) is 0 Å². The van der Waals surface area contributed by atoms with Gasteiger partial charge in [0, 0.05) is 17.4 Å².